The third kappa shape index (κ3) is 4.00. The van der Waals surface area contributed by atoms with Crippen molar-refractivity contribution in [1.29, 1.82) is 0 Å². The molecule has 1 fully saturated rings. The third-order valence-corrected chi connectivity index (χ3v) is 3.63. The molecule has 21 heavy (non-hydrogen) atoms. The monoisotopic (exact) mass is 297 g/mol. The van der Waals surface area contributed by atoms with E-state index in [0.29, 0.717) is 24.3 Å². The summed E-state index contributed by atoms with van der Waals surface area (Å²) in [7, 11) is 1.45. The van der Waals surface area contributed by atoms with Gasteiger partial charge in [0.15, 0.2) is 0 Å². The topological polar surface area (TPSA) is 59.4 Å². The lowest BCUT2D eigenvalue weighted by Crippen LogP contribution is -2.23. The Balaban J connectivity index is 2.13. The minimum absolute atomic E-state index is 0.0608. The molecule has 1 saturated carbocycles. The largest absolute Gasteiger partial charge is 0.481 e. The first-order valence-corrected chi connectivity index (χ1v) is 6.74. The molecule has 1 N–H and O–H groups in total. The van der Waals surface area contributed by atoms with Crippen molar-refractivity contribution in [2.75, 3.05) is 7.11 Å². The first-order valence-electron chi connectivity index (χ1n) is 6.74. The van der Waals surface area contributed by atoms with Gasteiger partial charge in [-0.05, 0) is 24.8 Å². The molecule has 1 aliphatic carbocycles. The zero-order valence-corrected chi connectivity index (χ0v) is 11.7. The molecule has 114 valence electrons. The van der Waals surface area contributed by atoms with E-state index in [1.54, 1.807) is 6.08 Å². The molecule has 0 aromatic carbocycles. The van der Waals surface area contributed by atoms with Gasteiger partial charge >= 0.3 is 5.97 Å². The van der Waals surface area contributed by atoms with E-state index >= 15 is 0 Å². The number of hydrogen-bond acceptors (Lipinski definition) is 3. The Kier molecular flexibility index (Phi) is 4.55. The van der Waals surface area contributed by atoms with Crippen LogP contribution < -0.4 is 4.74 Å². The van der Waals surface area contributed by atoms with Crippen molar-refractivity contribution in [3.05, 3.63) is 29.5 Å². The van der Waals surface area contributed by atoms with Crippen LogP contribution in [0.25, 0.3) is 6.08 Å². The molecule has 1 aromatic rings. The number of rotatable bonds is 4. The molecule has 0 unspecified atom stereocenters. The van der Waals surface area contributed by atoms with Gasteiger partial charge in [0.05, 0.1) is 12.7 Å². The number of carbonyl (C=O) groups is 1. The predicted octanol–water partition coefficient (Wildman–Crippen LogP) is 3.63. The van der Waals surface area contributed by atoms with Crippen molar-refractivity contribution in [3.63, 3.8) is 0 Å². The average molecular weight is 297 g/mol. The molecule has 1 aromatic heterocycles. The van der Waals surface area contributed by atoms with Crippen LogP contribution in [0, 0.1) is 5.92 Å². The molecule has 0 saturated heterocycles. The Morgan fingerprint density at radius 3 is 2.71 bits per heavy atom. The Labute approximate surface area is 121 Å². The molecule has 0 spiro atoms. The fourth-order valence-electron chi connectivity index (χ4n) is 2.37. The number of aromatic nitrogens is 1. The highest BCUT2D eigenvalue weighted by atomic mass is 19.3. The van der Waals surface area contributed by atoms with Crippen LogP contribution in [0.4, 0.5) is 8.78 Å². The second-order valence-corrected chi connectivity index (χ2v) is 5.18. The highest BCUT2D eigenvalue weighted by molar-refractivity contribution is 5.88. The summed E-state index contributed by atoms with van der Waals surface area (Å²) >= 11 is 0. The number of methoxy groups -OCH3 is 1. The standard InChI is InChI=1S/C15H17F2NO3/c1-21-13-11(8-12(9-18-13)14(19)20)3-2-10-4-6-15(16,17)7-5-10/h2-3,8-10H,4-7H2,1H3,(H,19,20). The Morgan fingerprint density at radius 1 is 1.48 bits per heavy atom. The minimum Gasteiger partial charge on any atom is -0.481 e. The highest BCUT2D eigenvalue weighted by Gasteiger charge is 2.33. The van der Waals surface area contributed by atoms with E-state index < -0.39 is 11.9 Å². The lowest BCUT2D eigenvalue weighted by Gasteiger charge is -2.26. The van der Waals surface area contributed by atoms with Gasteiger partial charge in [0.1, 0.15) is 0 Å². The van der Waals surface area contributed by atoms with E-state index in [1.165, 1.54) is 19.4 Å². The molecule has 0 atom stereocenters. The SMILES string of the molecule is COc1ncc(C(=O)O)cc1C=CC1CCC(F)(F)CC1. The number of hydrogen-bond donors (Lipinski definition) is 1. The van der Waals surface area contributed by atoms with Crippen molar-refractivity contribution < 1.29 is 23.4 Å². The molecule has 0 aliphatic heterocycles. The summed E-state index contributed by atoms with van der Waals surface area (Å²) in [5, 5.41) is 8.96. The molecule has 6 heteroatoms. The van der Waals surface area contributed by atoms with Crippen LogP contribution in [0.1, 0.15) is 41.6 Å². The van der Waals surface area contributed by atoms with E-state index in [0.717, 1.165) is 0 Å². The molecular formula is C15H17F2NO3. The summed E-state index contributed by atoms with van der Waals surface area (Å²) in [5.74, 6) is -3.23. The Morgan fingerprint density at radius 2 is 2.14 bits per heavy atom. The van der Waals surface area contributed by atoms with Crippen molar-refractivity contribution in [2.24, 2.45) is 5.92 Å². The summed E-state index contributed by atoms with van der Waals surface area (Å²) in [5.41, 5.74) is 0.598. The van der Waals surface area contributed by atoms with E-state index in [-0.39, 0.29) is 24.3 Å². The number of ether oxygens (including phenoxy) is 1. The maximum atomic E-state index is 13.1. The third-order valence-electron chi connectivity index (χ3n) is 3.63. The summed E-state index contributed by atoms with van der Waals surface area (Å²) < 4.78 is 31.2. The van der Waals surface area contributed by atoms with E-state index in [4.69, 9.17) is 9.84 Å². The average Bonchev–Trinajstić information content (AvgIpc) is 2.45. The van der Waals surface area contributed by atoms with E-state index in [1.807, 2.05) is 6.08 Å². The van der Waals surface area contributed by atoms with Gasteiger partial charge < -0.3 is 9.84 Å². The maximum absolute atomic E-state index is 13.1. The van der Waals surface area contributed by atoms with Gasteiger partial charge in [-0.1, -0.05) is 12.2 Å². The normalized spacial score (nSPS) is 18.8. The van der Waals surface area contributed by atoms with Crippen LogP contribution in [0.3, 0.4) is 0 Å². The second kappa shape index (κ2) is 6.20. The quantitative estimate of drug-likeness (QED) is 0.922. The van der Waals surface area contributed by atoms with Crippen molar-refractivity contribution in [3.8, 4) is 5.88 Å². The maximum Gasteiger partial charge on any atom is 0.337 e. The van der Waals surface area contributed by atoms with Crippen LogP contribution >= 0.6 is 0 Å². The number of nitrogens with zero attached hydrogens (tertiary/aromatic N) is 1. The first-order chi connectivity index (χ1) is 9.91. The number of carboxylic acid groups (broad SMARTS) is 1. The first kappa shape index (κ1) is 15.4. The number of alkyl halides is 2. The van der Waals surface area contributed by atoms with Gasteiger partial charge in [0.2, 0.25) is 11.8 Å². The van der Waals surface area contributed by atoms with Gasteiger partial charge in [-0.15, -0.1) is 0 Å². The van der Waals surface area contributed by atoms with Crippen molar-refractivity contribution >= 4 is 12.0 Å². The smallest absolute Gasteiger partial charge is 0.337 e. The molecule has 0 bridgehead atoms. The summed E-state index contributed by atoms with van der Waals surface area (Å²) in [4.78, 5) is 14.9. The number of carboxylic acids is 1. The minimum atomic E-state index is -2.55. The molecule has 0 amide bonds. The van der Waals surface area contributed by atoms with Crippen LogP contribution in [0.2, 0.25) is 0 Å². The van der Waals surface area contributed by atoms with Gasteiger partial charge in [-0.3, -0.25) is 0 Å². The van der Waals surface area contributed by atoms with Gasteiger partial charge in [0.25, 0.3) is 0 Å². The number of halogens is 2. The zero-order valence-electron chi connectivity index (χ0n) is 11.7. The lowest BCUT2D eigenvalue weighted by atomic mass is 9.86. The van der Waals surface area contributed by atoms with Crippen LogP contribution in [0.5, 0.6) is 5.88 Å². The molecule has 0 radical (unpaired) electrons. The molecule has 1 heterocycles. The van der Waals surface area contributed by atoms with Crippen molar-refractivity contribution in [2.45, 2.75) is 31.6 Å². The van der Waals surface area contributed by atoms with Crippen LogP contribution in [-0.4, -0.2) is 29.1 Å². The summed E-state index contributed by atoms with van der Waals surface area (Å²) in [6.45, 7) is 0. The molecule has 1 aliphatic rings. The predicted molar refractivity (Wildman–Crippen MR) is 73.7 cm³/mol. The molecule has 2 rings (SSSR count). The van der Waals surface area contributed by atoms with Gasteiger partial charge in [-0.25, -0.2) is 18.6 Å². The fourth-order valence-corrected chi connectivity index (χ4v) is 2.37. The molecule has 4 nitrogen and oxygen atoms in total. The van der Waals surface area contributed by atoms with Gasteiger partial charge in [-0.2, -0.15) is 0 Å². The second-order valence-electron chi connectivity index (χ2n) is 5.18. The number of aromatic carboxylic acids is 1. The van der Waals surface area contributed by atoms with E-state index in [2.05, 4.69) is 4.98 Å². The van der Waals surface area contributed by atoms with Gasteiger partial charge in [0, 0.05) is 24.6 Å². The Hall–Kier alpha value is -1.98. The zero-order chi connectivity index (χ0) is 15.5. The summed E-state index contributed by atoms with van der Waals surface area (Å²) in [6, 6.07) is 1.46. The van der Waals surface area contributed by atoms with Crippen molar-refractivity contribution in [1.82, 2.24) is 4.98 Å². The van der Waals surface area contributed by atoms with E-state index in [9.17, 15) is 13.6 Å². The number of pyridine rings is 1. The summed E-state index contributed by atoms with van der Waals surface area (Å²) in [6.07, 6.45) is 5.40. The Bertz CT molecular complexity index is 548. The highest BCUT2D eigenvalue weighted by Crippen LogP contribution is 2.37. The fraction of sp³-hybridized carbons (Fsp3) is 0.467. The van der Waals surface area contributed by atoms with Crippen LogP contribution in [0.15, 0.2) is 18.3 Å². The lowest BCUT2D eigenvalue weighted by molar-refractivity contribution is -0.0410. The molecular weight excluding hydrogens is 280 g/mol. The van der Waals surface area contributed by atoms with Crippen LogP contribution in [-0.2, 0) is 0 Å². The number of allylic oxidation sites excluding steroid dienone is 1.